The van der Waals surface area contributed by atoms with Gasteiger partial charge in [-0.05, 0) is 36.4 Å². The van der Waals surface area contributed by atoms with Crippen LogP contribution >= 0.6 is 11.6 Å². The predicted octanol–water partition coefficient (Wildman–Crippen LogP) is 6.03. The van der Waals surface area contributed by atoms with Crippen molar-refractivity contribution in [2.45, 2.75) is 6.18 Å². The molecule has 0 unspecified atom stereocenters. The van der Waals surface area contributed by atoms with Gasteiger partial charge in [0.1, 0.15) is 0 Å². The van der Waals surface area contributed by atoms with Crippen LogP contribution < -0.4 is 5.32 Å². The number of carbonyl (C=O) groups excluding carboxylic acids is 1. The van der Waals surface area contributed by atoms with Gasteiger partial charge in [0.25, 0.3) is 5.91 Å². The van der Waals surface area contributed by atoms with Crippen molar-refractivity contribution in [3.05, 3.63) is 88.9 Å². The van der Waals surface area contributed by atoms with Gasteiger partial charge in [0.05, 0.1) is 28.2 Å². The first-order valence-electron chi connectivity index (χ1n) is 9.57. The molecule has 0 saturated heterocycles. The number of nitrogens with one attached hydrogen (secondary N) is 1. The van der Waals surface area contributed by atoms with Gasteiger partial charge in [-0.2, -0.15) is 13.2 Å². The molecular formula is C23H13ClF3N3O4. The Morgan fingerprint density at radius 3 is 2.32 bits per heavy atom. The Morgan fingerprint density at radius 1 is 1.00 bits per heavy atom. The number of anilines is 1. The average molecular weight is 488 g/mol. The Kier molecular flexibility index (Phi) is 6.08. The first-order chi connectivity index (χ1) is 16.1. The molecule has 4 rings (SSSR count). The van der Waals surface area contributed by atoms with Crippen molar-refractivity contribution in [1.29, 1.82) is 0 Å². The van der Waals surface area contributed by atoms with Gasteiger partial charge in [-0.3, -0.25) is 9.78 Å². The zero-order valence-electron chi connectivity index (χ0n) is 16.9. The maximum Gasteiger partial charge on any atom is 0.452 e. The molecule has 1 amide bonds. The normalized spacial score (nSPS) is 11.3. The Morgan fingerprint density at radius 2 is 1.74 bits per heavy atom. The van der Waals surface area contributed by atoms with E-state index in [1.807, 2.05) is 0 Å². The van der Waals surface area contributed by atoms with Gasteiger partial charge in [-0.15, -0.1) is 0 Å². The topological polar surface area (TPSA) is 105 Å². The Balaban J connectivity index is 1.58. The quantitative estimate of drug-likeness (QED) is 0.356. The first-order valence-corrected chi connectivity index (χ1v) is 9.95. The van der Waals surface area contributed by atoms with Crippen LogP contribution in [-0.4, -0.2) is 27.0 Å². The molecule has 0 aliphatic rings. The smallest absolute Gasteiger partial charge is 0.452 e. The van der Waals surface area contributed by atoms with Crippen LogP contribution in [0.3, 0.4) is 0 Å². The number of nitrogens with zero attached hydrogens (tertiary/aromatic N) is 2. The zero-order valence-corrected chi connectivity index (χ0v) is 17.7. The summed E-state index contributed by atoms with van der Waals surface area (Å²) in [6.07, 6.45) is -3.70. The van der Waals surface area contributed by atoms with Crippen molar-refractivity contribution in [2.24, 2.45) is 0 Å². The molecular weight excluding hydrogens is 475 g/mol. The number of carbonyl (C=O) groups is 2. The third-order valence-corrected chi connectivity index (χ3v) is 4.95. The van der Waals surface area contributed by atoms with Crippen LogP contribution in [-0.2, 0) is 6.18 Å². The molecule has 0 aliphatic carbocycles. The molecule has 2 aromatic carbocycles. The van der Waals surface area contributed by atoms with Crippen LogP contribution in [0.15, 0.2) is 71.3 Å². The molecule has 0 aliphatic heterocycles. The molecule has 2 aromatic heterocycles. The third-order valence-electron chi connectivity index (χ3n) is 4.64. The van der Waals surface area contributed by atoms with Gasteiger partial charge in [0.2, 0.25) is 11.7 Å². The number of oxazole rings is 1. The van der Waals surface area contributed by atoms with Crippen LogP contribution in [0.2, 0.25) is 5.02 Å². The minimum absolute atomic E-state index is 0.0177. The van der Waals surface area contributed by atoms with Crippen LogP contribution in [0.25, 0.3) is 22.7 Å². The van der Waals surface area contributed by atoms with Crippen molar-refractivity contribution in [3.8, 4) is 22.7 Å². The molecule has 0 saturated carbocycles. The second-order valence-corrected chi connectivity index (χ2v) is 7.35. The monoisotopic (exact) mass is 487 g/mol. The predicted molar refractivity (Wildman–Crippen MR) is 117 cm³/mol. The van der Waals surface area contributed by atoms with E-state index in [0.29, 0.717) is 11.3 Å². The molecule has 4 aromatic rings. The van der Waals surface area contributed by atoms with E-state index in [-0.39, 0.29) is 27.7 Å². The molecule has 0 atom stereocenters. The van der Waals surface area contributed by atoms with E-state index in [9.17, 15) is 22.8 Å². The average Bonchev–Trinajstić information content (AvgIpc) is 3.26. The lowest BCUT2D eigenvalue weighted by Crippen LogP contribution is -2.18. The van der Waals surface area contributed by atoms with Crippen molar-refractivity contribution < 1.29 is 32.3 Å². The molecule has 7 nitrogen and oxygen atoms in total. The van der Waals surface area contributed by atoms with Crippen molar-refractivity contribution in [3.63, 3.8) is 0 Å². The molecule has 0 spiro atoms. The second-order valence-electron chi connectivity index (χ2n) is 6.95. The summed E-state index contributed by atoms with van der Waals surface area (Å²) in [7, 11) is 0. The Hall–Kier alpha value is -4.18. The fourth-order valence-electron chi connectivity index (χ4n) is 3.05. The number of hydrogen-bond donors (Lipinski definition) is 2. The number of hydrogen-bond acceptors (Lipinski definition) is 5. The number of aromatic nitrogens is 2. The number of pyridine rings is 1. The van der Waals surface area contributed by atoms with E-state index >= 15 is 0 Å². The summed E-state index contributed by atoms with van der Waals surface area (Å²) in [6.45, 7) is 0. The summed E-state index contributed by atoms with van der Waals surface area (Å²) in [5.41, 5.74) is 0.325. The van der Waals surface area contributed by atoms with E-state index in [1.165, 1.54) is 48.7 Å². The Bertz CT molecular complexity index is 1370. The number of alkyl halides is 3. The number of benzene rings is 2. The highest BCUT2D eigenvalue weighted by molar-refractivity contribution is 6.33. The Labute approximate surface area is 194 Å². The van der Waals surface area contributed by atoms with Crippen molar-refractivity contribution in [1.82, 2.24) is 9.97 Å². The van der Waals surface area contributed by atoms with Gasteiger partial charge >= 0.3 is 12.1 Å². The van der Waals surface area contributed by atoms with Crippen LogP contribution in [0.1, 0.15) is 26.6 Å². The van der Waals surface area contributed by atoms with Gasteiger partial charge in [-0.1, -0.05) is 35.9 Å². The van der Waals surface area contributed by atoms with Gasteiger partial charge in [0.15, 0.2) is 5.69 Å². The first kappa shape index (κ1) is 23.0. The number of carboxylic acid groups (broad SMARTS) is 1. The van der Waals surface area contributed by atoms with Gasteiger partial charge < -0.3 is 14.8 Å². The molecule has 2 N–H and O–H groups in total. The van der Waals surface area contributed by atoms with Crippen LogP contribution in [0, 0.1) is 0 Å². The highest BCUT2D eigenvalue weighted by Crippen LogP contribution is 2.35. The molecule has 0 fully saturated rings. The zero-order chi connectivity index (χ0) is 24.5. The summed E-state index contributed by atoms with van der Waals surface area (Å²) in [4.78, 5) is 31.6. The summed E-state index contributed by atoms with van der Waals surface area (Å²) >= 11 is 5.97. The van der Waals surface area contributed by atoms with Crippen LogP contribution in [0.5, 0.6) is 0 Å². The lowest BCUT2D eigenvalue weighted by atomic mass is 10.1. The molecule has 172 valence electrons. The fourth-order valence-corrected chi connectivity index (χ4v) is 3.31. The second kappa shape index (κ2) is 8.99. The fraction of sp³-hybridized carbons (Fsp3) is 0.0435. The number of halogens is 4. The SMILES string of the molecule is O=C(O)c1ccc(-c2ccc(NC(=O)c3nc(-c4ccccc4)oc3C(F)(F)F)cn2)cc1Cl. The molecule has 34 heavy (non-hydrogen) atoms. The van der Waals surface area contributed by atoms with E-state index < -0.39 is 29.5 Å². The maximum atomic E-state index is 13.5. The molecule has 0 radical (unpaired) electrons. The summed E-state index contributed by atoms with van der Waals surface area (Å²) in [5, 5.41) is 11.4. The van der Waals surface area contributed by atoms with Crippen molar-refractivity contribution in [2.75, 3.05) is 5.32 Å². The number of amides is 1. The maximum absolute atomic E-state index is 13.5. The van der Waals surface area contributed by atoms with E-state index in [0.717, 1.165) is 0 Å². The largest absolute Gasteiger partial charge is 0.478 e. The molecule has 11 heteroatoms. The minimum atomic E-state index is -4.93. The third kappa shape index (κ3) is 4.76. The summed E-state index contributed by atoms with van der Waals surface area (Å²) < 4.78 is 45.2. The van der Waals surface area contributed by atoms with Crippen LogP contribution in [0.4, 0.5) is 18.9 Å². The molecule has 0 bridgehead atoms. The van der Waals surface area contributed by atoms with E-state index in [4.69, 9.17) is 21.1 Å². The standard InChI is InChI=1S/C23H13ClF3N3O4/c24-16-10-13(6-8-15(16)22(32)33)17-9-7-14(11-28-17)29-20(31)18-19(23(25,26)27)34-21(30-18)12-4-2-1-3-5-12/h1-11H,(H,29,31)(H,32,33). The number of rotatable bonds is 5. The summed E-state index contributed by atoms with van der Waals surface area (Å²) in [5.74, 6) is -4.15. The van der Waals surface area contributed by atoms with E-state index in [1.54, 1.807) is 18.2 Å². The number of aromatic carboxylic acids is 1. The van der Waals surface area contributed by atoms with Gasteiger partial charge in [-0.25, -0.2) is 9.78 Å². The minimum Gasteiger partial charge on any atom is -0.478 e. The lowest BCUT2D eigenvalue weighted by molar-refractivity contribution is -0.153. The van der Waals surface area contributed by atoms with E-state index in [2.05, 4.69) is 15.3 Å². The van der Waals surface area contributed by atoms with Gasteiger partial charge in [0, 0.05) is 11.1 Å². The van der Waals surface area contributed by atoms with Crippen molar-refractivity contribution >= 4 is 29.2 Å². The lowest BCUT2D eigenvalue weighted by Gasteiger charge is -2.08. The highest BCUT2D eigenvalue weighted by Gasteiger charge is 2.42. The molecule has 2 heterocycles. The summed E-state index contributed by atoms with van der Waals surface area (Å²) in [6, 6.07) is 15.0. The highest BCUT2D eigenvalue weighted by atomic mass is 35.5. The number of carboxylic acids is 1.